The summed E-state index contributed by atoms with van der Waals surface area (Å²) < 4.78 is 4.99. The van der Waals surface area contributed by atoms with Gasteiger partial charge in [-0.25, -0.2) is 4.79 Å². The Labute approximate surface area is 110 Å². The number of nitrogens with one attached hydrogen (secondary N) is 1. The molecule has 6 heteroatoms. The number of benzene rings is 1. The number of amides is 1. The molecule has 5 nitrogen and oxygen atoms in total. The van der Waals surface area contributed by atoms with E-state index in [-0.39, 0.29) is 6.10 Å². The summed E-state index contributed by atoms with van der Waals surface area (Å²) in [5.74, 6) is 0.505. The third-order valence-corrected chi connectivity index (χ3v) is 2.59. The molecule has 1 aliphatic heterocycles. The Bertz CT molecular complexity index is 462. The van der Waals surface area contributed by atoms with Crippen molar-refractivity contribution in [2.45, 2.75) is 26.4 Å². The Hall–Kier alpha value is -1.46. The number of anilines is 1. The zero-order valence-electron chi connectivity index (χ0n) is 10.2. The summed E-state index contributed by atoms with van der Waals surface area (Å²) in [7, 11) is 0. The molecule has 0 spiro atoms. The molecule has 1 N–H and O–H groups in total. The van der Waals surface area contributed by atoms with Crippen molar-refractivity contribution in [2.75, 3.05) is 11.9 Å². The van der Waals surface area contributed by atoms with E-state index >= 15 is 0 Å². The third-order valence-electron chi connectivity index (χ3n) is 2.31. The molecule has 98 valence electrons. The topological polar surface area (TPSA) is 56.8 Å². The lowest BCUT2D eigenvalue weighted by atomic mass is 10.1. The fourth-order valence-electron chi connectivity index (χ4n) is 1.62. The fraction of sp³-hybridized carbons (Fsp3) is 0.417. The number of hydrogen-bond donors (Lipinski definition) is 1. The quantitative estimate of drug-likeness (QED) is 0.840. The van der Waals surface area contributed by atoms with Gasteiger partial charge in [-0.2, -0.15) is 4.89 Å². The van der Waals surface area contributed by atoms with Gasteiger partial charge in [0.05, 0.1) is 17.7 Å². The lowest BCUT2D eigenvalue weighted by molar-refractivity contribution is -0.215. The van der Waals surface area contributed by atoms with Crippen LogP contribution in [0.2, 0.25) is 5.02 Å². The van der Waals surface area contributed by atoms with Crippen LogP contribution in [-0.2, 0) is 16.0 Å². The number of ether oxygens (including phenoxy) is 1. The van der Waals surface area contributed by atoms with Crippen LogP contribution < -0.4 is 10.2 Å². The number of halogens is 1. The monoisotopic (exact) mass is 271 g/mol. The van der Waals surface area contributed by atoms with Crippen molar-refractivity contribution in [2.24, 2.45) is 0 Å². The molecule has 1 aromatic carbocycles. The summed E-state index contributed by atoms with van der Waals surface area (Å²) >= 11 is 6.04. The van der Waals surface area contributed by atoms with Crippen LogP contribution in [0.5, 0.6) is 5.75 Å². The van der Waals surface area contributed by atoms with Gasteiger partial charge >= 0.3 is 6.09 Å². The largest absolute Gasteiger partial charge is 0.447 e. The van der Waals surface area contributed by atoms with Crippen molar-refractivity contribution in [3.05, 3.63) is 22.7 Å². The smallest absolute Gasteiger partial charge is 0.411 e. The minimum atomic E-state index is -0.506. The van der Waals surface area contributed by atoms with E-state index in [1.807, 2.05) is 0 Å². The van der Waals surface area contributed by atoms with Crippen molar-refractivity contribution < 1.29 is 19.3 Å². The van der Waals surface area contributed by atoms with Crippen LogP contribution in [-0.4, -0.2) is 18.8 Å². The molecule has 1 amide bonds. The second-order valence-electron chi connectivity index (χ2n) is 4.18. The van der Waals surface area contributed by atoms with E-state index in [0.717, 1.165) is 5.56 Å². The first-order chi connectivity index (χ1) is 8.56. The fourth-order valence-corrected chi connectivity index (χ4v) is 1.89. The van der Waals surface area contributed by atoms with Gasteiger partial charge in [0, 0.05) is 17.7 Å². The van der Waals surface area contributed by atoms with E-state index in [9.17, 15) is 4.79 Å². The minimum Gasteiger partial charge on any atom is -0.447 e. The summed E-state index contributed by atoms with van der Waals surface area (Å²) in [6.45, 7) is 4.03. The average molecular weight is 272 g/mol. The Morgan fingerprint density at radius 1 is 1.50 bits per heavy atom. The predicted molar refractivity (Wildman–Crippen MR) is 67.0 cm³/mol. The van der Waals surface area contributed by atoms with Gasteiger partial charge in [-0.15, -0.1) is 0 Å². The first-order valence-electron chi connectivity index (χ1n) is 5.66. The highest BCUT2D eigenvalue weighted by atomic mass is 35.5. The molecule has 0 aliphatic carbocycles. The van der Waals surface area contributed by atoms with Gasteiger partial charge in [-0.3, -0.25) is 5.32 Å². The van der Waals surface area contributed by atoms with Crippen LogP contribution in [0.4, 0.5) is 10.5 Å². The number of carbonyl (C=O) groups is 1. The molecule has 0 saturated carbocycles. The average Bonchev–Trinajstić information content (AvgIpc) is 2.27. The summed E-state index contributed by atoms with van der Waals surface area (Å²) in [6, 6.07) is 3.39. The zero-order chi connectivity index (χ0) is 13.1. The summed E-state index contributed by atoms with van der Waals surface area (Å²) in [6.07, 6.45) is 0.00731. The molecule has 1 heterocycles. The number of carbonyl (C=O) groups excluding carboxylic acids is 1. The Morgan fingerprint density at radius 3 is 3.00 bits per heavy atom. The Morgan fingerprint density at radius 2 is 2.28 bits per heavy atom. The second-order valence-corrected chi connectivity index (χ2v) is 4.59. The molecule has 0 fully saturated rings. The van der Waals surface area contributed by atoms with Gasteiger partial charge in [0.1, 0.15) is 0 Å². The van der Waals surface area contributed by atoms with Crippen molar-refractivity contribution in [1.29, 1.82) is 0 Å². The molecule has 0 radical (unpaired) electrons. The molecule has 1 aliphatic rings. The Balaban J connectivity index is 2.14. The lowest BCUT2D eigenvalue weighted by Crippen LogP contribution is -2.18. The molecular formula is C12H14ClNO4. The maximum atomic E-state index is 11.5. The molecule has 2 rings (SSSR count). The highest BCUT2D eigenvalue weighted by molar-refractivity contribution is 6.32. The maximum Gasteiger partial charge on any atom is 0.411 e. The van der Waals surface area contributed by atoms with Gasteiger partial charge in [-0.05, 0) is 26.0 Å². The molecule has 0 unspecified atom stereocenters. The van der Waals surface area contributed by atoms with Gasteiger partial charge in [0.15, 0.2) is 5.75 Å². The molecule has 1 aromatic rings. The molecular weight excluding hydrogens is 258 g/mol. The number of rotatable bonds is 2. The van der Waals surface area contributed by atoms with Crippen LogP contribution in [0.1, 0.15) is 19.4 Å². The van der Waals surface area contributed by atoms with E-state index in [1.54, 1.807) is 26.0 Å². The highest BCUT2D eigenvalue weighted by Gasteiger charge is 2.17. The number of fused-ring (bicyclic) bond motifs is 1. The van der Waals surface area contributed by atoms with Crippen molar-refractivity contribution >= 4 is 23.4 Å². The van der Waals surface area contributed by atoms with Gasteiger partial charge in [0.2, 0.25) is 0 Å². The van der Waals surface area contributed by atoms with Gasteiger partial charge in [-0.1, -0.05) is 11.6 Å². The summed E-state index contributed by atoms with van der Waals surface area (Å²) in [5, 5.41) is 3.02. The summed E-state index contributed by atoms with van der Waals surface area (Å²) in [4.78, 5) is 21.3. The van der Waals surface area contributed by atoms with Crippen molar-refractivity contribution in [3.8, 4) is 5.75 Å². The SMILES string of the molecule is CC(C)OC(=O)Nc1cc(Cl)c2c(c1)CCOO2. The normalized spacial score (nSPS) is 13.8. The molecule has 0 aromatic heterocycles. The van der Waals surface area contributed by atoms with Crippen LogP contribution in [0.25, 0.3) is 0 Å². The van der Waals surface area contributed by atoms with E-state index in [1.165, 1.54) is 0 Å². The third kappa shape index (κ3) is 3.05. The Kier molecular flexibility index (Phi) is 3.93. The standard InChI is InChI=1S/C12H14ClNO4/c1-7(2)17-12(15)14-9-5-8-3-4-16-18-11(8)10(13)6-9/h5-7H,3-4H2,1-2H3,(H,14,15). The molecule has 0 atom stereocenters. The van der Waals surface area contributed by atoms with Crippen LogP contribution in [0, 0.1) is 0 Å². The van der Waals surface area contributed by atoms with Crippen molar-refractivity contribution in [3.63, 3.8) is 0 Å². The number of hydrogen-bond acceptors (Lipinski definition) is 4. The summed E-state index contributed by atoms with van der Waals surface area (Å²) in [5.41, 5.74) is 1.48. The first-order valence-corrected chi connectivity index (χ1v) is 6.03. The van der Waals surface area contributed by atoms with Crippen LogP contribution in [0.3, 0.4) is 0 Å². The second kappa shape index (κ2) is 5.46. The van der Waals surface area contributed by atoms with E-state index < -0.39 is 6.09 Å². The van der Waals surface area contributed by atoms with Gasteiger partial charge in [0.25, 0.3) is 0 Å². The lowest BCUT2D eigenvalue weighted by Gasteiger charge is -2.18. The molecule has 0 bridgehead atoms. The predicted octanol–water partition coefficient (Wildman–Crippen LogP) is 3.16. The minimum absolute atomic E-state index is 0.171. The maximum absolute atomic E-state index is 11.5. The van der Waals surface area contributed by atoms with E-state index in [0.29, 0.717) is 29.5 Å². The zero-order valence-corrected chi connectivity index (χ0v) is 10.9. The highest BCUT2D eigenvalue weighted by Crippen LogP contribution is 2.35. The van der Waals surface area contributed by atoms with E-state index in [2.05, 4.69) is 5.32 Å². The van der Waals surface area contributed by atoms with Crippen LogP contribution in [0.15, 0.2) is 12.1 Å². The first kappa shape index (κ1) is 13.0. The van der Waals surface area contributed by atoms with Crippen molar-refractivity contribution in [1.82, 2.24) is 0 Å². The molecule has 0 saturated heterocycles. The molecule has 18 heavy (non-hydrogen) atoms. The van der Waals surface area contributed by atoms with Crippen LogP contribution >= 0.6 is 11.6 Å². The van der Waals surface area contributed by atoms with Gasteiger partial charge < -0.3 is 9.62 Å². The van der Waals surface area contributed by atoms with E-state index in [4.69, 9.17) is 26.1 Å².